The van der Waals surface area contributed by atoms with Gasteiger partial charge in [0.15, 0.2) is 0 Å². The summed E-state index contributed by atoms with van der Waals surface area (Å²) in [6, 6.07) is 1.62. The van der Waals surface area contributed by atoms with Gasteiger partial charge in [-0.05, 0) is 13.0 Å². The summed E-state index contributed by atoms with van der Waals surface area (Å²) >= 11 is 0. The molecule has 66 valence electrons. The molecule has 0 fully saturated rings. The second kappa shape index (κ2) is 4.36. The fraction of sp³-hybridized carbons (Fsp3) is 0.200. The third-order valence-corrected chi connectivity index (χ3v) is 1.55. The van der Waals surface area contributed by atoms with E-state index in [1.54, 1.807) is 13.0 Å². The van der Waals surface area contributed by atoms with E-state index in [-0.39, 0.29) is 6.42 Å². The van der Waals surface area contributed by atoms with E-state index in [0.717, 1.165) is 0 Å². The molecule has 0 aromatic carbocycles. The zero-order valence-electron chi connectivity index (χ0n) is 7.17. The fourth-order valence-corrected chi connectivity index (χ4v) is 0.834. The number of rotatable bonds is 1. The van der Waals surface area contributed by atoms with Crippen LogP contribution in [0.1, 0.15) is 17.5 Å². The first-order valence-corrected chi connectivity index (χ1v) is 3.79. The zero-order chi connectivity index (χ0) is 9.68. The summed E-state index contributed by atoms with van der Waals surface area (Å²) < 4.78 is 12.8. The molecule has 0 bridgehead atoms. The van der Waals surface area contributed by atoms with Crippen molar-refractivity contribution in [2.24, 2.45) is 0 Å². The molecule has 0 atom stereocenters. The predicted octanol–water partition coefficient (Wildman–Crippen LogP) is 1.47. The number of aldehydes is 1. The van der Waals surface area contributed by atoms with Gasteiger partial charge in [0.1, 0.15) is 6.29 Å². The molecule has 1 heterocycles. The van der Waals surface area contributed by atoms with Crippen LogP contribution < -0.4 is 0 Å². The Morgan fingerprint density at radius 2 is 2.46 bits per heavy atom. The van der Waals surface area contributed by atoms with E-state index in [2.05, 4.69) is 16.8 Å². The number of hydrogen-bond donors (Lipinski definition) is 0. The summed E-state index contributed by atoms with van der Waals surface area (Å²) in [7, 11) is 0. The van der Waals surface area contributed by atoms with Gasteiger partial charge >= 0.3 is 0 Å². The fourth-order valence-electron chi connectivity index (χ4n) is 0.834. The van der Waals surface area contributed by atoms with Crippen molar-refractivity contribution in [2.75, 3.05) is 0 Å². The molecule has 0 amide bonds. The topological polar surface area (TPSA) is 30.0 Å². The van der Waals surface area contributed by atoms with Crippen LogP contribution in [0.5, 0.6) is 0 Å². The number of pyridine rings is 1. The lowest BCUT2D eigenvalue weighted by Gasteiger charge is -1.96. The Bertz CT molecular complexity index is 376. The first kappa shape index (κ1) is 9.40. The average molecular weight is 177 g/mol. The van der Waals surface area contributed by atoms with E-state index in [4.69, 9.17) is 0 Å². The molecule has 0 saturated carbocycles. The number of carbonyl (C=O) groups excluding carboxylic acids is 1. The number of hydrogen-bond acceptors (Lipinski definition) is 2. The van der Waals surface area contributed by atoms with Crippen LogP contribution in [-0.2, 0) is 4.79 Å². The summed E-state index contributed by atoms with van der Waals surface area (Å²) in [5.41, 5.74) is 0.996. The lowest BCUT2D eigenvalue weighted by molar-refractivity contribution is -0.107. The molecule has 1 aromatic heterocycles. The highest BCUT2D eigenvalue weighted by molar-refractivity contribution is 5.55. The number of carbonyl (C=O) groups is 1. The van der Waals surface area contributed by atoms with Crippen LogP contribution in [0.2, 0.25) is 0 Å². The van der Waals surface area contributed by atoms with Gasteiger partial charge in [-0.25, -0.2) is 4.98 Å². The van der Waals surface area contributed by atoms with Gasteiger partial charge in [-0.1, -0.05) is 11.8 Å². The largest absolute Gasteiger partial charge is 0.302 e. The average Bonchev–Trinajstić information content (AvgIpc) is 2.13. The van der Waals surface area contributed by atoms with E-state index >= 15 is 0 Å². The maximum Gasteiger partial charge on any atom is 0.216 e. The van der Waals surface area contributed by atoms with Gasteiger partial charge in [-0.2, -0.15) is 4.39 Å². The van der Waals surface area contributed by atoms with E-state index in [1.165, 1.54) is 6.20 Å². The maximum atomic E-state index is 12.8. The molecule has 0 spiro atoms. The molecule has 13 heavy (non-hydrogen) atoms. The van der Waals surface area contributed by atoms with Crippen molar-refractivity contribution < 1.29 is 9.18 Å². The van der Waals surface area contributed by atoms with Gasteiger partial charge in [0, 0.05) is 17.3 Å². The van der Waals surface area contributed by atoms with Crippen LogP contribution in [-0.4, -0.2) is 11.3 Å². The first-order chi connectivity index (χ1) is 6.25. The number of nitrogens with zero attached hydrogens (tertiary/aromatic N) is 1. The molecule has 1 rings (SSSR count). The smallest absolute Gasteiger partial charge is 0.216 e. The van der Waals surface area contributed by atoms with Crippen molar-refractivity contribution >= 4 is 6.29 Å². The predicted molar refractivity (Wildman–Crippen MR) is 46.5 cm³/mol. The Balaban J connectivity index is 2.97. The Morgan fingerprint density at radius 1 is 1.69 bits per heavy atom. The van der Waals surface area contributed by atoms with Crippen LogP contribution in [0, 0.1) is 24.7 Å². The molecular weight excluding hydrogens is 169 g/mol. The monoisotopic (exact) mass is 177 g/mol. The van der Waals surface area contributed by atoms with Crippen molar-refractivity contribution in [3.63, 3.8) is 0 Å². The van der Waals surface area contributed by atoms with E-state index in [0.29, 0.717) is 17.4 Å². The molecule has 0 saturated heterocycles. The second-order valence-electron chi connectivity index (χ2n) is 2.45. The lowest BCUT2D eigenvalue weighted by atomic mass is 10.1. The second-order valence-corrected chi connectivity index (χ2v) is 2.45. The molecule has 0 aliphatic carbocycles. The highest BCUT2D eigenvalue weighted by Crippen LogP contribution is 2.07. The van der Waals surface area contributed by atoms with Gasteiger partial charge in [0.05, 0.1) is 6.42 Å². The van der Waals surface area contributed by atoms with Gasteiger partial charge in [-0.3, -0.25) is 0 Å². The molecule has 1 aromatic rings. The quantitative estimate of drug-likeness (QED) is 0.369. The number of aromatic nitrogens is 1. The Labute approximate surface area is 75.8 Å². The molecule has 3 heteroatoms. The van der Waals surface area contributed by atoms with Crippen LogP contribution in [0.4, 0.5) is 4.39 Å². The van der Waals surface area contributed by atoms with Crippen molar-refractivity contribution in [3.05, 3.63) is 29.3 Å². The van der Waals surface area contributed by atoms with Crippen LogP contribution in [0.25, 0.3) is 0 Å². The van der Waals surface area contributed by atoms with Crippen LogP contribution >= 0.6 is 0 Å². The highest BCUT2D eigenvalue weighted by atomic mass is 19.1. The molecule has 0 aliphatic rings. The molecule has 0 unspecified atom stereocenters. The molecule has 2 nitrogen and oxygen atoms in total. The lowest BCUT2D eigenvalue weighted by Crippen LogP contribution is -1.91. The third-order valence-electron chi connectivity index (χ3n) is 1.55. The maximum absolute atomic E-state index is 12.8. The van der Waals surface area contributed by atoms with Gasteiger partial charge in [0.2, 0.25) is 5.95 Å². The Morgan fingerprint density at radius 3 is 3.15 bits per heavy atom. The molecule has 0 radical (unpaired) electrons. The summed E-state index contributed by atoms with van der Waals surface area (Å²) in [5, 5.41) is 0. The standard InChI is InChI=1S/C10H8FNO/c1-8-9(4-2-3-7-13)5-6-12-10(8)11/h5-7H,3H2,1H3. The van der Waals surface area contributed by atoms with Crippen molar-refractivity contribution in [2.45, 2.75) is 13.3 Å². The highest BCUT2D eigenvalue weighted by Gasteiger charge is 2.00. The van der Waals surface area contributed by atoms with E-state index in [9.17, 15) is 9.18 Å². The van der Waals surface area contributed by atoms with Crippen molar-refractivity contribution in [1.29, 1.82) is 0 Å². The van der Waals surface area contributed by atoms with E-state index in [1.807, 2.05) is 0 Å². The summed E-state index contributed by atoms with van der Waals surface area (Å²) in [4.78, 5) is 13.4. The van der Waals surface area contributed by atoms with Crippen molar-refractivity contribution in [1.82, 2.24) is 4.98 Å². The minimum atomic E-state index is -0.516. The Hall–Kier alpha value is -1.69. The van der Waals surface area contributed by atoms with Gasteiger partial charge < -0.3 is 4.79 Å². The van der Waals surface area contributed by atoms with Crippen molar-refractivity contribution in [3.8, 4) is 11.8 Å². The summed E-state index contributed by atoms with van der Waals surface area (Å²) in [5.74, 6) is 4.78. The zero-order valence-corrected chi connectivity index (χ0v) is 7.17. The SMILES string of the molecule is Cc1c(C#CCC=O)ccnc1F. The Kier molecular flexibility index (Phi) is 3.15. The molecule has 0 aliphatic heterocycles. The molecule has 0 N–H and O–H groups in total. The minimum Gasteiger partial charge on any atom is -0.302 e. The number of halogens is 1. The third kappa shape index (κ3) is 2.38. The minimum absolute atomic E-state index is 0.170. The first-order valence-electron chi connectivity index (χ1n) is 3.79. The summed E-state index contributed by atoms with van der Waals surface area (Å²) in [6.07, 6.45) is 2.23. The molecular formula is C10H8FNO. The normalized spacial score (nSPS) is 8.77. The summed E-state index contributed by atoms with van der Waals surface area (Å²) in [6.45, 7) is 1.60. The van der Waals surface area contributed by atoms with Crippen LogP contribution in [0.15, 0.2) is 12.3 Å². The van der Waals surface area contributed by atoms with Gasteiger partial charge in [0.25, 0.3) is 0 Å². The van der Waals surface area contributed by atoms with E-state index < -0.39 is 5.95 Å². The van der Waals surface area contributed by atoms with Gasteiger partial charge in [-0.15, -0.1) is 0 Å². The van der Waals surface area contributed by atoms with Crippen LogP contribution in [0.3, 0.4) is 0 Å².